The summed E-state index contributed by atoms with van der Waals surface area (Å²) in [7, 11) is 0. The molecule has 1 aromatic heterocycles. The summed E-state index contributed by atoms with van der Waals surface area (Å²) in [6, 6.07) is 16.7. The Morgan fingerprint density at radius 2 is 1.74 bits per heavy atom. The first-order valence-electron chi connectivity index (χ1n) is 6.30. The third-order valence-electron chi connectivity index (χ3n) is 3.39. The van der Waals surface area contributed by atoms with E-state index in [0.717, 1.165) is 11.0 Å². The van der Waals surface area contributed by atoms with Gasteiger partial charge in [0.1, 0.15) is 0 Å². The Morgan fingerprint density at radius 1 is 0.947 bits per heavy atom. The summed E-state index contributed by atoms with van der Waals surface area (Å²) in [5.74, 6) is 0. The maximum absolute atomic E-state index is 5.84. The molecule has 0 unspecified atom stereocenters. The molecular formula is C16H15BrN2. The zero-order valence-electron chi connectivity index (χ0n) is 10.5. The smallest absolute Gasteiger partial charge is 0.0528 e. The Balaban J connectivity index is 2.09. The van der Waals surface area contributed by atoms with Crippen molar-refractivity contribution in [2.24, 2.45) is 5.73 Å². The minimum Gasteiger partial charge on any atom is -0.343 e. The van der Waals surface area contributed by atoms with Gasteiger partial charge in [0.05, 0.1) is 5.52 Å². The van der Waals surface area contributed by atoms with E-state index in [1.165, 1.54) is 22.0 Å². The summed E-state index contributed by atoms with van der Waals surface area (Å²) < 4.78 is 3.40. The number of rotatable bonds is 3. The zero-order valence-corrected chi connectivity index (χ0v) is 12.1. The van der Waals surface area contributed by atoms with Crippen LogP contribution in [0.1, 0.15) is 11.1 Å². The van der Waals surface area contributed by atoms with E-state index in [0.29, 0.717) is 6.54 Å². The third-order valence-corrected chi connectivity index (χ3v) is 4.16. The molecule has 2 nitrogen and oxygen atoms in total. The Morgan fingerprint density at radius 3 is 2.53 bits per heavy atom. The molecule has 1 heterocycles. The first kappa shape index (κ1) is 12.5. The number of nitrogens with two attached hydrogens (primary N) is 1. The van der Waals surface area contributed by atoms with E-state index in [2.05, 4.69) is 69.2 Å². The summed E-state index contributed by atoms with van der Waals surface area (Å²) in [5.41, 5.74) is 9.54. The average Bonchev–Trinajstić information content (AvgIpc) is 2.85. The highest BCUT2D eigenvalue weighted by Gasteiger charge is 2.07. The van der Waals surface area contributed by atoms with Gasteiger partial charge >= 0.3 is 0 Å². The van der Waals surface area contributed by atoms with Crippen molar-refractivity contribution in [2.45, 2.75) is 13.1 Å². The summed E-state index contributed by atoms with van der Waals surface area (Å²) in [4.78, 5) is 0. The van der Waals surface area contributed by atoms with E-state index in [9.17, 15) is 0 Å². The van der Waals surface area contributed by atoms with E-state index in [4.69, 9.17) is 5.73 Å². The van der Waals surface area contributed by atoms with Gasteiger partial charge in [-0.25, -0.2) is 0 Å². The third kappa shape index (κ3) is 2.31. The van der Waals surface area contributed by atoms with Gasteiger partial charge in [0.2, 0.25) is 0 Å². The standard InChI is InChI=1S/C16H15BrN2/c17-15-7-2-1-4-14(15)11-19-9-8-12-5-3-6-13(10-18)16(12)19/h1-9H,10-11,18H2. The molecule has 19 heavy (non-hydrogen) atoms. The molecule has 0 atom stereocenters. The van der Waals surface area contributed by atoms with Gasteiger partial charge in [0, 0.05) is 23.8 Å². The van der Waals surface area contributed by atoms with Gasteiger partial charge in [0.25, 0.3) is 0 Å². The van der Waals surface area contributed by atoms with Crippen molar-refractivity contribution < 1.29 is 0 Å². The SMILES string of the molecule is NCc1cccc2ccn(Cc3ccccc3Br)c12. The highest BCUT2D eigenvalue weighted by atomic mass is 79.9. The van der Waals surface area contributed by atoms with Crippen molar-refractivity contribution in [1.29, 1.82) is 0 Å². The maximum atomic E-state index is 5.84. The highest BCUT2D eigenvalue weighted by molar-refractivity contribution is 9.10. The van der Waals surface area contributed by atoms with Gasteiger partial charge in [-0.3, -0.25) is 0 Å². The van der Waals surface area contributed by atoms with Crippen molar-refractivity contribution in [3.05, 3.63) is 70.3 Å². The van der Waals surface area contributed by atoms with Crippen LogP contribution in [0.4, 0.5) is 0 Å². The Hall–Kier alpha value is -1.58. The molecule has 96 valence electrons. The number of para-hydroxylation sites is 1. The largest absolute Gasteiger partial charge is 0.343 e. The number of fused-ring (bicyclic) bond motifs is 1. The predicted octanol–water partition coefficient (Wildman–Crippen LogP) is 3.91. The molecule has 2 N–H and O–H groups in total. The minimum atomic E-state index is 0.567. The lowest BCUT2D eigenvalue weighted by Gasteiger charge is -2.10. The lowest BCUT2D eigenvalue weighted by molar-refractivity contribution is 0.826. The molecule has 0 aliphatic carbocycles. The van der Waals surface area contributed by atoms with E-state index in [1.54, 1.807) is 0 Å². The first-order valence-corrected chi connectivity index (χ1v) is 7.09. The monoisotopic (exact) mass is 314 g/mol. The molecule has 0 aliphatic heterocycles. The fourth-order valence-electron chi connectivity index (χ4n) is 2.45. The van der Waals surface area contributed by atoms with Gasteiger partial charge < -0.3 is 10.3 Å². The van der Waals surface area contributed by atoms with Crippen LogP contribution < -0.4 is 5.73 Å². The summed E-state index contributed by atoms with van der Waals surface area (Å²) in [6.07, 6.45) is 2.13. The Kier molecular flexibility index (Phi) is 3.40. The number of hydrogen-bond donors (Lipinski definition) is 1. The predicted molar refractivity (Wildman–Crippen MR) is 83.1 cm³/mol. The molecule has 0 fully saturated rings. The van der Waals surface area contributed by atoms with Crippen molar-refractivity contribution in [2.75, 3.05) is 0 Å². The van der Waals surface area contributed by atoms with Crippen LogP contribution in [0.5, 0.6) is 0 Å². The van der Waals surface area contributed by atoms with Crippen LogP contribution in [-0.4, -0.2) is 4.57 Å². The lowest BCUT2D eigenvalue weighted by Crippen LogP contribution is -2.03. The second-order valence-electron chi connectivity index (χ2n) is 4.59. The molecule has 0 aliphatic rings. The fourth-order valence-corrected chi connectivity index (χ4v) is 2.86. The summed E-state index contributed by atoms with van der Waals surface area (Å²) in [5, 5.41) is 1.25. The fraction of sp³-hybridized carbons (Fsp3) is 0.125. The second kappa shape index (κ2) is 5.19. The molecule has 0 saturated carbocycles. The molecule has 0 radical (unpaired) electrons. The van der Waals surface area contributed by atoms with Crippen LogP contribution in [0.2, 0.25) is 0 Å². The number of aromatic nitrogens is 1. The molecule has 0 amide bonds. The van der Waals surface area contributed by atoms with E-state index < -0.39 is 0 Å². The number of nitrogens with zero attached hydrogens (tertiary/aromatic N) is 1. The van der Waals surface area contributed by atoms with Gasteiger partial charge in [-0.05, 0) is 28.6 Å². The van der Waals surface area contributed by atoms with Crippen LogP contribution >= 0.6 is 15.9 Å². The van der Waals surface area contributed by atoms with Crippen LogP contribution in [0.25, 0.3) is 10.9 Å². The van der Waals surface area contributed by atoms with Crippen LogP contribution in [0.15, 0.2) is 59.2 Å². The minimum absolute atomic E-state index is 0.567. The zero-order chi connectivity index (χ0) is 13.2. The van der Waals surface area contributed by atoms with Gasteiger partial charge in [-0.2, -0.15) is 0 Å². The molecule has 0 bridgehead atoms. The maximum Gasteiger partial charge on any atom is 0.0528 e. The summed E-state index contributed by atoms with van der Waals surface area (Å²) in [6.45, 7) is 1.42. The quantitative estimate of drug-likeness (QED) is 0.780. The topological polar surface area (TPSA) is 30.9 Å². The van der Waals surface area contributed by atoms with Crippen molar-refractivity contribution in [1.82, 2.24) is 4.57 Å². The van der Waals surface area contributed by atoms with Crippen LogP contribution in [0, 0.1) is 0 Å². The molecule has 3 aromatic rings. The van der Waals surface area contributed by atoms with Crippen molar-refractivity contribution >= 4 is 26.8 Å². The lowest BCUT2D eigenvalue weighted by atomic mass is 10.1. The highest BCUT2D eigenvalue weighted by Crippen LogP contribution is 2.23. The van der Waals surface area contributed by atoms with Crippen LogP contribution in [-0.2, 0) is 13.1 Å². The molecular weight excluding hydrogens is 300 g/mol. The molecule has 3 rings (SSSR count). The van der Waals surface area contributed by atoms with Gasteiger partial charge in [-0.15, -0.1) is 0 Å². The van der Waals surface area contributed by atoms with Crippen molar-refractivity contribution in [3.63, 3.8) is 0 Å². The summed E-state index contributed by atoms with van der Waals surface area (Å²) >= 11 is 3.60. The first-order chi connectivity index (χ1) is 9.29. The van der Waals surface area contributed by atoms with Crippen LogP contribution in [0.3, 0.4) is 0 Å². The molecule has 0 spiro atoms. The molecule has 3 heteroatoms. The Labute approximate surface area is 121 Å². The number of benzene rings is 2. The van der Waals surface area contributed by atoms with Gasteiger partial charge in [-0.1, -0.05) is 52.3 Å². The molecule has 2 aromatic carbocycles. The Bertz CT molecular complexity index is 716. The number of hydrogen-bond acceptors (Lipinski definition) is 1. The average molecular weight is 315 g/mol. The second-order valence-corrected chi connectivity index (χ2v) is 5.45. The normalized spacial score (nSPS) is 11.1. The molecule has 0 saturated heterocycles. The van der Waals surface area contributed by atoms with E-state index in [-0.39, 0.29) is 0 Å². The van der Waals surface area contributed by atoms with E-state index in [1.807, 2.05) is 6.07 Å². The van der Waals surface area contributed by atoms with E-state index >= 15 is 0 Å². The van der Waals surface area contributed by atoms with Gasteiger partial charge in [0.15, 0.2) is 0 Å². The number of halogens is 1. The van der Waals surface area contributed by atoms with Crippen molar-refractivity contribution in [3.8, 4) is 0 Å².